The van der Waals surface area contributed by atoms with Crippen molar-refractivity contribution in [2.24, 2.45) is 10.3 Å². The molecule has 0 aliphatic carbocycles. The molecule has 0 atom stereocenters. The van der Waals surface area contributed by atoms with Crippen LogP contribution < -0.4 is 0 Å². The number of Topliss-reactive ketones (excluding diaryl/α,β-unsaturated/α-hetero) is 2. The van der Waals surface area contributed by atoms with Crippen LogP contribution in [0.2, 0.25) is 0 Å². The van der Waals surface area contributed by atoms with Crippen LogP contribution in [0.1, 0.15) is 113 Å². The van der Waals surface area contributed by atoms with Crippen LogP contribution >= 0.6 is 0 Å². The van der Waals surface area contributed by atoms with Gasteiger partial charge in [-0.25, -0.2) is 9.59 Å². The van der Waals surface area contributed by atoms with Crippen LogP contribution in [0.3, 0.4) is 0 Å². The Balaban J connectivity index is 2.08. The number of ketones is 2. The highest BCUT2D eigenvalue weighted by Crippen LogP contribution is 2.28. The number of aromatic nitrogens is 1. The van der Waals surface area contributed by atoms with Gasteiger partial charge in [0.1, 0.15) is 11.4 Å². The van der Waals surface area contributed by atoms with E-state index in [1.54, 1.807) is 24.4 Å². The molecule has 0 saturated carbocycles. The summed E-state index contributed by atoms with van der Waals surface area (Å²) in [5, 5.41) is 8.44. The molecule has 9 heteroatoms. The number of benzene rings is 2. The number of oxime groups is 2. The molecule has 0 radical (unpaired) electrons. The van der Waals surface area contributed by atoms with Crippen LogP contribution in [-0.4, -0.2) is 39.5 Å². The van der Waals surface area contributed by atoms with Gasteiger partial charge in [0.15, 0.2) is 0 Å². The minimum absolute atomic E-state index is 0.168. The van der Waals surface area contributed by atoms with Crippen LogP contribution in [0.25, 0.3) is 16.6 Å². The Hall–Kier alpha value is -4.40. The maximum Gasteiger partial charge on any atom is 0.331 e. The minimum Gasteiger partial charge on any atom is -0.318 e. The van der Waals surface area contributed by atoms with Gasteiger partial charge in [-0.15, -0.1) is 0 Å². The third-order valence-electron chi connectivity index (χ3n) is 6.97. The molecule has 0 saturated heterocycles. The molecule has 9 nitrogen and oxygen atoms in total. The molecule has 0 aliphatic heterocycles. The van der Waals surface area contributed by atoms with Crippen LogP contribution in [0.15, 0.2) is 65.0 Å². The van der Waals surface area contributed by atoms with Crippen LogP contribution in [0.5, 0.6) is 0 Å². The number of carbonyl (C=O) groups is 4. The molecular formula is C34H41N3O6. The first-order valence-electron chi connectivity index (χ1n) is 15.1. The Morgan fingerprint density at radius 1 is 0.698 bits per heavy atom. The van der Waals surface area contributed by atoms with Gasteiger partial charge in [-0.1, -0.05) is 93.0 Å². The number of nitrogens with zero attached hydrogens (tertiary/aromatic N) is 3. The molecule has 1 heterocycles. The van der Waals surface area contributed by atoms with Gasteiger partial charge in [0, 0.05) is 42.2 Å². The average Bonchev–Trinajstić information content (AvgIpc) is 3.39. The molecule has 3 aromatic rings. The van der Waals surface area contributed by atoms with Crippen LogP contribution in [-0.2, 0) is 19.3 Å². The fraction of sp³-hybridized carbons (Fsp3) is 0.412. The Labute approximate surface area is 252 Å². The van der Waals surface area contributed by atoms with Crippen molar-refractivity contribution in [3.63, 3.8) is 0 Å². The van der Waals surface area contributed by atoms with E-state index in [1.165, 1.54) is 13.8 Å². The summed E-state index contributed by atoms with van der Waals surface area (Å²) in [5.74, 6) is -1.89. The first-order chi connectivity index (χ1) is 20.8. The van der Waals surface area contributed by atoms with Crippen molar-refractivity contribution < 1.29 is 28.9 Å². The molecule has 0 unspecified atom stereocenters. The molecule has 0 amide bonds. The predicted molar refractivity (Wildman–Crippen MR) is 168 cm³/mol. The zero-order valence-corrected chi connectivity index (χ0v) is 25.6. The molecule has 0 spiro atoms. The number of para-hydroxylation sites is 1. The SMILES string of the molecule is CCCCCC/C(=N\OC(C)=O)C(=O)c1ccc2c(C(=O)/C(CCCCCC)=N/OC(C)=O)cn(-c3ccccc3)c2c1. The Morgan fingerprint density at radius 3 is 1.79 bits per heavy atom. The lowest BCUT2D eigenvalue weighted by atomic mass is 9.98. The normalized spacial score (nSPS) is 11.9. The molecule has 43 heavy (non-hydrogen) atoms. The largest absolute Gasteiger partial charge is 0.331 e. The van der Waals surface area contributed by atoms with Gasteiger partial charge < -0.3 is 14.2 Å². The van der Waals surface area contributed by atoms with Gasteiger partial charge in [-0.05, 0) is 43.9 Å². The van der Waals surface area contributed by atoms with Crippen molar-refractivity contribution in [2.75, 3.05) is 0 Å². The number of unbranched alkanes of at least 4 members (excludes halogenated alkanes) is 6. The molecule has 0 bridgehead atoms. The van der Waals surface area contributed by atoms with E-state index in [0.29, 0.717) is 34.9 Å². The Bertz CT molecular complexity index is 1490. The topological polar surface area (TPSA) is 116 Å². The maximum atomic E-state index is 13.9. The van der Waals surface area contributed by atoms with Crippen molar-refractivity contribution in [2.45, 2.75) is 91.9 Å². The van der Waals surface area contributed by atoms with E-state index >= 15 is 0 Å². The average molecular weight is 588 g/mol. The van der Waals surface area contributed by atoms with Crippen LogP contribution in [0, 0.1) is 0 Å². The molecule has 0 N–H and O–H groups in total. The third-order valence-corrected chi connectivity index (χ3v) is 6.97. The molecule has 228 valence electrons. The first kappa shape index (κ1) is 33.1. The number of fused-ring (bicyclic) bond motifs is 1. The summed E-state index contributed by atoms with van der Waals surface area (Å²) in [5.41, 5.74) is 2.51. The second-order valence-corrected chi connectivity index (χ2v) is 10.5. The van der Waals surface area contributed by atoms with Gasteiger partial charge in [-0.3, -0.25) is 9.59 Å². The molecule has 0 fully saturated rings. The van der Waals surface area contributed by atoms with Gasteiger partial charge in [-0.2, -0.15) is 0 Å². The lowest BCUT2D eigenvalue weighted by Crippen LogP contribution is -2.16. The zero-order chi connectivity index (χ0) is 31.2. The second-order valence-electron chi connectivity index (χ2n) is 10.5. The maximum absolute atomic E-state index is 13.9. The van der Waals surface area contributed by atoms with E-state index in [4.69, 9.17) is 9.68 Å². The van der Waals surface area contributed by atoms with Crippen molar-refractivity contribution in [3.8, 4) is 5.69 Å². The molecule has 0 aliphatic rings. The minimum atomic E-state index is -0.602. The van der Waals surface area contributed by atoms with E-state index in [0.717, 1.165) is 57.1 Å². The summed E-state index contributed by atoms with van der Waals surface area (Å²) in [7, 11) is 0. The fourth-order valence-corrected chi connectivity index (χ4v) is 4.75. The smallest absolute Gasteiger partial charge is 0.318 e. The van der Waals surface area contributed by atoms with E-state index in [-0.39, 0.29) is 23.0 Å². The van der Waals surface area contributed by atoms with Crippen LogP contribution in [0.4, 0.5) is 0 Å². The van der Waals surface area contributed by atoms with Gasteiger partial charge in [0.05, 0.1) is 5.52 Å². The van der Waals surface area contributed by atoms with E-state index in [2.05, 4.69) is 24.2 Å². The number of hydrogen-bond donors (Lipinski definition) is 0. The number of hydrogen-bond acceptors (Lipinski definition) is 8. The highest BCUT2D eigenvalue weighted by molar-refractivity contribution is 6.48. The summed E-state index contributed by atoms with van der Waals surface area (Å²) in [4.78, 5) is 60.2. The summed E-state index contributed by atoms with van der Waals surface area (Å²) in [6.45, 7) is 6.69. The van der Waals surface area contributed by atoms with Crippen molar-refractivity contribution in [1.29, 1.82) is 0 Å². The van der Waals surface area contributed by atoms with E-state index in [1.807, 2.05) is 34.9 Å². The second kappa shape index (κ2) is 16.9. The lowest BCUT2D eigenvalue weighted by molar-refractivity contribution is -0.141. The van der Waals surface area contributed by atoms with Gasteiger partial charge in [0.2, 0.25) is 11.6 Å². The van der Waals surface area contributed by atoms with E-state index in [9.17, 15) is 19.2 Å². The number of rotatable bonds is 17. The van der Waals surface area contributed by atoms with Gasteiger partial charge >= 0.3 is 11.9 Å². The van der Waals surface area contributed by atoms with E-state index < -0.39 is 11.9 Å². The summed E-state index contributed by atoms with van der Waals surface area (Å²) in [6.07, 6.45) is 9.95. The quantitative estimate of drug-likeness (QED) is 0.0523. The predicted octanol–water partition coefficient (Wildman–Crippen LogP) is 7.77. The highest BCUT2D eigenvalue weighted by atomic mass is 16.7. The van der Waals surface area contributed by atoms with Crippen molar-refractivity contribution in [1.82, 2.24) is 4.57 Å². The standard InChI is InChI=1S/C34H41N3O6/c1-5-7-9-14-18-30(35-42-24(3)38)33(40)26-20-21-28-29(23-37(32(28)22-26)27-16-12-11-13-17-27)34(41)31(36-43-25(4)39)19-15-10-8-6-2/h11-13,16-17,20-23H,5-10,14-15,18-19H2,1-4H3/b35-30+,36-31+. The molecule has 3 rings (SSSR count). The monoisotopic (exact) mass is 587 g/mol. The summed E-state index contributed by atoms with van der Waals surface area (Å²) in [6, 6.07) is 14.6. The zero-order valence-electron chi connectivity index (χ0n) is 25.6. The Kier molecular flexibility index (Phi) is 13.0. The summed E-state index contributed by atoms with van der Waals surface area (Å²) < 4.78 is 1.85. The first-order valence-corrected chi connectivity index (χ1v) is 15.1. The molecule has 1 aromatic heterocycles. The van der Waals surface area contributed by atoms with Crippen molar-refractivity contribution in [3.05, 3.63) is 65.9 Å². The molecular weight excluding hydrogens is 546 g/mol. The Morgan fingerprint density at radius 2 is 1.26 bits per heavy atom. The summed E-state index contributed by atoms with van der Waals surface area (Å²) >= 11 is 0. The highest BCUT2D eigenvalue weighted by Gasteiger charge is 2.23. The fourth-order valence-electron chi connectivity index (χ4n) is 4.75. The van der Waals surface area contributed by atoms with Gasteiger partial charge in [0.25, 0.3) is 0 Å². The van der Waals surface area contributed by atoms with Crippen molar-refractivity contribution >= 4 is 45.8 Å². The lowest BCUT2D eigenvalue weighted by Gasteiger charge is -2.08. The third kappa shape index (κ3) is 9.56. The number of carbonyl (C=O) groups excluding carboxylic acids is 4. The molecule has 2 aromatic carbocycles.